The Morgan fingerprint density at radius 2 is 1.68 bits per heavy atom. The third kappa shape index (κ3) is 3.44. The molecule has 4 saturated carbocycles. The lowest BCUT2D eigenvalue weighted by Crippen LogP contribution is -2.51. The second kappa shape index (κ2) is 6.47. The second-order valence-electron chi connectivity index (χ2n) is 8.59. The number of carbonyl (C=O) groups excluding carboxylic acids is 2. The van der Waals surface area contributed by atoms with E-state index in [1.165, 1.54) is 38.5 Å². The first-order valence-corrected chi connectivity index (χ1v) is 9.52. The van der Waals surface area contributed by atoms with E-state index in [0.717, 1.165) is 29.9 Å². The van der Waals surface area contributed by atoms with E-state index < -0.39 is 5.97 Å². The van der Waals surface area contributed by atoms with Gasteiger partial charge in [0.15, 0.2) is 6.61 Å². The van der Waals surface area contributed by atoms with Crippen molar-refractivity contribution in [3.63, 3.8) is 0 Å². The molecule has 4 aliphatic carbocycles. The number of hydrogen-bond acceptors (Lipinski definition) is 3. The highest BCUT2D eigenvalue weighted by Gasteiger charge is 2.50. The van der Waals surface area contributed by atoms with Gasteiger partial charge in [-0.1, -0.05) is 18.2 Å². The molecule has 4 bridgehead atoms. The van der Waals surface area contributed by atoms with Gasteiger partial charge in [0, 0.05) is 6.54 Å². The molecule has 0 spiro atoms. The van der Waals surface area contributed by atoms with Crippen LogP contribution in [0, 0.1) is 30.1 Å². The van der Waals surface area contributed by atoms with Crippen molar-refractivity contribution in [3.05, 3.63) is 35.4 Å². The Morgan fingerprint density at radius 3 is 2.28 bits per heavy atom. The summed E-state index contributed by atoms with van der Waals surface area (Å²) < 4.78 is 5.19. The number of benzene rings is 1. The Balaban J connectivity index is 1.27. The van der Waals surface area contributed by atoms with Crippen LogP contribution in [0.5, 0.6) is 0 Å². The Labute approximate surface area is 149 Å². The van der Waals surface area contributed by atoms with E-state index in [9.17, 15) is 9.59 Å². The molecular weight excluding hydrogens is 314 g/mol. The van der Waals surface area contributed by atoms with Crippen molar-refractivity contribution in [2.45, 2.75) is 45.4 Å². The number of esters is 1. The molecule has 1 aromatic rings. The summed E-state index contributed by atoms with van der Waals surface area (Å²) in [4.78, 5) is 24.3. The van der Waals surface area contributed by atoms with E-state index in [4.69, 9.17) is 4.74 Å². The van der Waals surface area contributed by atoms with Gasteiger partial charge in [-0.15, -0.1) is 0 Å². The fraction of sp³-hybridized carbons (Fsp3) is 0.619. The number of rotatable bonds is 5. The highest BCUT2D eigenvalue weighted by Crippen LogP contribution is 2.59. The SMILES string of the molecule is Cc1ccccc1C(=O)OCC(=O)NCC12CC3CC(CC(C3)C1)C2. The number of amides is 1. The van der Waals surface area contributed by atoms with Crippen LogP contribution >= 0.6 is 0 Å². The Kier molecular flexibility index (Phi) is 4.30. The van der Waals surface area contributed by atoms with Gasteiger partial charge >= 0.3 is 5.97 Å². The van der Waals surface area contributed by atoms with Gasteiger partial charge in [-0.25, -0.2) is 4.79 Å². The Bertz CT molecular complexity index is 646. The molecule has 1 amide bonds. The van der Waals surface area contributed by atoms with E-state index in [2.05, 4.69) is 5.32 Å². The maximum Gasteiger partial charge on any atom is 0.338 e. The van der Waals surface area contributed by atoms with Crippen LogP contribution in [0.3, 0.4) is 0 Å². The molecule has 134 valence electrons. The predicted octanol–water partition coefficient (Wildman–Crippen LogP) is 3.48. The molecule has 0 aliphatic heterocycles. The molecule has 0 unspecified atom stereocenters. The molecule has 4 aliphatic rings. The molecule has 0 saturated heterocycles. The van der Waals surface area contributed by atoms with Crippen molar-refractivity contribution in [3.8, 4) is 0 Å². The number of nitrogens with one attached hydrogen (secondary N) is 1. The Morgan fingerprint density at radius 1 is 1.08 bits per heavy atom. The molecule has 5 rings (SSSR count). The topological polar surface area (TPSA) is 55.4 Å². The van der Waals surface area contributed by atoms with Gasteiger partial charge in [-0.05, 0) is 80.2 Å². The van der Waals surface area contributed by atoms with Crippen molar-refractivity contribution in [2.24, 2.45) is 23.2 Å². The number of ether oxygens (including phenoxy) is 1. The summed E-state index contributed by atoms with van der Waals surface area (Å²) >= 11 is 0. The first-order valence-electron chi connectivity index (χ1n) is 9.52. The number of hydrogen-bond donors (Lipinski definition) is 1. The quantitative estimate of drug-likeness (QED) is 0.834. The zero-order valence-electron chi connectivity index (χ0n) is 14.9. The molecule has 0 radical (unpaired) electrons. The first kappa shape index (κ1) is 16.6. The highest BCUT2D eigenvalue weighted by molar-refractivity contribution is 5.92. The molecular formula is C21H27NO3. The van der Waals surface area contributed by atoms with Crippen molar-refractivity contribution in [1.82, 2.24) is 5.32 Å². The van der Waals surface area contributed by atoms with E-state index in [1.807, 2.05) is 19.1 Å². The van der Waals surface area contributed by atoms with Crippen LogP contribution in [-0.4, -0.2) is 25.0 Å². The molecule has 1 N–H and O–H groups in total. The normalized spacial score (nSPS) is 32.4. The van der Waals surface area contributed by atoms with Crippen LogP contribution in [-0.2, 0) is 9.53 Å². The maximum absolute atomic E-state index is 12.2. The third-order valence-electron chi connectivity index (χ3n) is 6.52. The van der Waals surface area contributed by atoms with E-state index in [0.29, 0.717) is 11.0 Å². The molecule has 4 heteroatoms. The monoisotopic (exact) mass is 341 g/mol. The summed E-state index contributed by atoms with van der Waals surface area (Å²) in [6.07, 6.45) is 8.01. The van der Waals surface area contributed by atoms with Crippen molar-refractivity contribution in [1.29, 1.82) is 0 Å². The fourth-order valence-electron chi connectivity index (χ4n) is 5.85. The Hall–Kier alpha value is -1.84. The predicted molar refractivity (Wildman–Crippen MR) is 95.1 cm³/mol. The number of aryl methyl sites for hydroxylation is 1. The molecule has 4 nitrogen and oxygen atoms in total. The second-order valence-corrected chi connectivity index (χ2v) is 8.59. The van der Waals surface area contributed by atoms with Crippen LogP contribution < -0.4 is 5.32 Å². The van der Waals surface area contributed by atoms with Crippen molar-refractivity contribution in [2.75, 3.05) is 13.2 Å². The van der Waals surface area contributed by atoms with Crippen molar-refractivity contribution >= 4 is 11.9 Å². The molecule has 1 aromatic carbocycles. The molecule has 0 heterocycles. The summed E-state index contributed by atoms with van der Waals surface area (Å²) in [5.74, 6) is 2.02. The van der Waals surface area contributed by atoms with Gasteiger partial charge in [0.1, 0.15) is 0 Å². The molecule has 25 heavy (non-hydrogen) atoms. The van der Waals surface area contributed by atoms with Gasteiger partial charge in [-0.2, -0.15) is 0 Å². The largest absolute Gasteiger partial charge is 0.452 e. The summed E-state index contributed by atoms with van der Waals surface area (Å²) in [6, 6.07) is 7.27. The van der Waals surface area contributed by atoms with E-state index >= 15 is 0 Å². The van der Waals surface area contributed by atoms with Gasteiger partial charge < -0.3 is 10.1 Å². The van der Waals surface area contributed by atoms with Crippen LogP contribution in [0.1, 0.15) is 54.4 Å². The van der Waals surface area contributed by atoms with Crippen LogP contribution in [0.2, 0.25) is 0 Å². The zero-order valence-corrected chi connectivity index (χ0v) is 14.9. The third-order valence-corrected chi connectivity index (χ3v) is 6.52. The van der Waals surface area contributed by atoms with E-state index in [-0.39, 0.29) is 12.5 Å². The zero-order chi connectivity index (χ0) is 17.4. The van der Waals surface area contributed by atoms with E-state index in [1.54, 1.807) is 12.1 Å². The molecule has 0 aromatic heterocycles. The highest BCUT2D eigenvalue weighted by atomic mass is 16.5. The van der Waals surface area contributed by atoms with Crippen LogP contribution in [0.25, 0.3) is 0 Å². The summed E-state index contributed by atoms with van der Waals surface area (Å²) in [5.41, 5.74) is 1.70. The van der Waals surface area contributed by atoms with Crippen LogP contribution in [0.15, 0.2) is 24.3 Å². The maximum atomic E-state index is 12.2. The van der Waals surface area contributed by atoms with Gasteiger partial charge in [-0.3, -0.25) is 4.79 Å². The lowest BCUT2D eigenvalue weighted by atomic mass is 9.49. The van der Waals surface area contributed by atoms with Crippen molar-refractivity contribution < 1.29 is 14.3 Å². The molecule has 0 atom stereocenters. The summed E-state index contributed by atoms with van der Waals surface area (Å²) in [6.45, 7) is 2.42. The smallest absolute Gasteiger partial charge is 0.338 e. The van der Waals surface area contributed by atoms with Gasteiger partial charge in [0.25, 0.3) is 5.91 Å². The molecule has 4 fully saturated rings. The summed E-state index contributed by atoms with van der Waals surface area (Å²) in [7, 11) is 0. The minimum absolute atomic E-state index is 0.183. The fourth-order valence-corrected chi connectivity index (χ4v) is 5.85. The standard InChI is InChI=1S/C21H27NO3/c1-14-4-2-3-5-18(14)20(24)25-12-19(23)22-13-21-9-15-6-16(10-21)8-17(7-15)11-21/h2-5,15-17H,6-13H2,1H3,(H,22,23). The van der Waals surface area contributed by atoms with Crippen LogP contribution in [0.4, 0.5) is 0 Å². The van der Waals surface area contributed by atoms with Gasteiger partial charge in [0.05, 0.1) is 5.56 Å². The lowest BCUT2D eigenvalue weighted by molar-refractivity contribution is -0.126. The average Bonchev–Trinajstić information content (AvgIpc) is 2.57. The minimum Gasteiger partial charge on any atom is -0.452 e. The summed E-state index contributed by atoms with van der Waals surface area (Å²) in [5, 5.41) is 3.04. The minimum atomic E-state index is -0.428. The average molecular weight is 341 g/mol. The first-order chi connectivity index (χ1) is 12.0. The number of carbonyl (C=O) groups is 2. The lowest BCUT2D eigenvalue weighted by Gasteiger charge is -2.56. The van der Waals surface area contributed by atoms with Gasteiger partial charge in [0.2, 0.25) is 0 Å².